The predicted octanol–water partition coefficient (Wildman–Crippen LogP) is -1.74. The lowest BCUT2D eigenvalue weighted by Crippen LogP contribution is -2.43. The van der Waals surface area contributed by atoms with E-state index in [0.717, 1.165) is 4.90 Å². The molecule has 0 unspecified atom stereocenters. The molecule has 7 heteroatoms. The standard InChI is InChI=1S/C11H18N2O5/c1-6(12)3-4-13(7(2)15)11-10(17)9(16)8(5-14)18-11/h3-4,8-11,14,16-17H,1,5,12H2,2H3/b4-3-/t8-,9-,10-,11-/m1/s1. The molecule has 1 rings (SSSR count). The minimum atomic E-state index is -1.30. The summed E-state index contributed by atoms with van der Waals surface area (Å²) in [6.45, 7) is 4.26. The van der Waals surface area contributed by atoms with Gasteiger partial charge in [-0.3, -0.25) is 9.69 Å². The lowest BCUT2D eigenvalue weighted by Gasteiger charge is -2.26. The zero-order valence-corrected chi connectivity index (χ0v) is 10.1. The number of nitrogens with zero attached hydrogens (tertiary/aromatic N) is 1. The van der Waals surface area contributed by atoms with Crippen LogP contribution >= 0.6 is 0 Å². The molecule has 1 heterocycles. The van der Waals surface area contributed by atoms with Crippen LogP contribution in [0.25, 0.3) is 0 Å². The van der Waals surface area contributed by atoms with Gasteiger partial charge in [-0.15, -0.1) is 0 Å². The molecule has 102 valence electrons. The Morgan fingerprint density at radius 2 is 2.11 bits per heavy atom. The van der Waals surface area contributed by atoms with Gasteiger partial charge in [-0.2, -0.15) is 0 Å². The average Bonchev–Trinajstić information content (AvgIpc) is 2.56. The Bertz CT molecular complexity index is 357. The quantitative estimate of drug-likeness (QED) is 0.445. The van der Waals surface area contributed by atoms with Crippen molar-refractivity contribution in [3.8, 4) is 0 Å². The largest absolute Gasteiger partial charge is 0.399 e. The topological polar surface area (TPSA) is 116 Å². The van der Waals surface area contributed by atoms with E-state index < -0.39 is 37.1 Å². The number of aliphatic hydroxyl groups excluding tert-OH is 3. The maximum Gasteiger partial charge on any atom is 0.225 e. The number of hydrogen-bond donors (Lipinski definition) is 4. The van der Waals surface area contributed by atoms with Gasteiger partial charge < -0.3 is 25.8 Å². The molecule has 0 aromatic rings. The van der Waals surface area contributed by atoms with Gasteiger partial charge in [0.05, 0.1) is 6.61 Å². The molecular formula is C11H18N2O5. The fourth-order valence-electron chi connectivity index (χ4n) is 1.65. The molecule has 1 amide bonds. The van der Waals surface area contributed by atoms with Gasteiger partial charge >= 0.3 is 0 Å². The average molecular weight is 258 g/mol. The van der Waals surface area contributed by atoms with Crippen LogP contribution in [0.2, 0.25) is 0 Å². The van der Waals surface area contributed by atoms with Gasteiger partial charge in [0.25, 0.3) is 0 Å². The first-order chi connectivity index (χ1) is 8.38. The van der Waals surface area contributed by atoms with Crippen LogP contribution in [-0.2, 0) is 9.53 Å². The Labute approximate surface area is 105 Å². The first kappa shape index (κ1) is 14.7. The fraction of sp³-hybridized carbons (Fsp3) is 0.545. The zero-order chi connectivity index (χ0) is 13.9. The summed E-state index contributed by atoms with van der Waals surface area (Å²) >= 11 is 0. The van der Waals surface area contributed by atoms with Gasteiger partial charge in [0.1, 0.15) is 18.3 Å². The van der Waals surface area contributed by atoms with E-state index in [1.54, 1.807) is 0 Å². The van der Waals surface area contributed by atoms with Crippen LogP contribution < -0.4 is 5.73 Å². The van der Waals surface area contributed by atoms with E-state index in [4.69, 9.17) is 15.6 Å². The summed E-state index contributed by atoms with van der Waals surface area (Å²) in [5.74, 6) is -0.401. The highest BCUT2D eigenvalue weighted by Gasteiger charge is 2.45. The Balaban J connectivity index is 2.87. The summed E-state index contributed by atoms with van der Waals surface area (Å²) in [6, 6.07) is 0. The fourth-order valence-corrected chi connectivity index (χ4v) is 1.65. The van der Waals surface area contributed by atoms with Crippen LogP contribution in [0.3, 0.4) is 0 Å². The molecule has 5 N–H and O–H groups in total. The molecular weight excluding hydrogens is 240 g/mol. The number of carbonyl (C=O) groups excluding carboxylic acids is 1. The van der Waals surface area contributed by atoms with Crippen molar-refractivity contribution >= 4 is 5.91 Å². The van der Waals surface area contributed by atoms with Crippen molar-refractivity contribution in [3.63, 3.8) is 0 Å². The van der Waals surface area contributed by atoms with Crippen LogP contribution in [0.4, 0.5) is 0 Å². The summed E-state index contributed by atoms with van der Waals surface area (Å²) in [5, 5.41) is 28.3. The van der Waals surface area contributed by atoms with Gasteiger partial charge in [-0.05, 0) is 6.08 Å². The van der Waals surface area contributed by atoms with E-state index in [2.05, 4.69) is 6.58 Å². The molecule has 1 aliphatic rings. The molecule has 0 aromatic carbocycles. The summed E-state index contributed by atoms with van der Waals surface area (Å²) in [5.41, 5.74) is 5.57. The van der Waals surface area contributed by atoms with Gasteiger partial charge in [0, 0.05) is 18.8 Å². The van der Waals surface area contributed by atoms with Crippen LogP contribution in [0.1, 0.15) is 6.92 Å². The van der Waals surface area contributed by atoms with E-state index >= 15 is 0 Å². The van der Waals surface area contributed by atoms with Gasteiger partial charge in [-0.1, -0.05) is 6.58 Å². The Kier molecular flexibility index (Phi) is 4.85. The van der Waals surface area contributed by atoms with E-state index in [0.29, 0.717) is 0 Å². The smallest absolute Gasteiger partial charge is 0.225 e. The number of aliphatic hydroxyl groups is 3. The number of rotatable bonds is 4. The third-order valence-corrected chi connectivity index (χ3v) is 2.60. The van der Waals surface area contributed by atoms with Gasteiger partial charge in [-0.25, -0.2) is 0 Å². The number of hydrogen-bond acceptors (Lipinski definition) is 6. The minimum Gasteiger partial charge on any atom is -0.399 e. The van der Waals surface area contributed by atoms with Crippen molar-refractivity contribution < 1.29 is 24.9 Å². The summed E-state index contributed by atoms with van der Waals surface area (Å²) in [7, 11) is 0. The van der Waals surface area contributed by atoms with Crippen LogP contribution in [-0.4, -0.2) is 57.3 Å². The molecule has 0 saturated carbocycles. The molecule has 4 atom stereocenters. The number of allylic oxidation sites excluding steroid dienone is 1. The lowest BCUT2D eigenvalue weighted by molar-refractivity contribution is -0.143. The highest BCUT2D eigenvalue weighted by molar-refractivity contribution is 5.74. The van der Waals surface area contributed by atoms with Crippen molar-refractivity contribution in [1.29, 1.82) is 0 Å². The third-order valence-electron chi connectivity index (χ3n) is 2.60. The number of amides is 1. The van der Waals surface area contributed by atoms with E-state index in [1.807, 2.05) is 0 Å². The molecule has 1 aliphatic heterocycles. The summed E-state index contributed by atoms with van der Waals surface area (Å²) in [4.78, 5) is 12.5. The Morgan fingerprint density at radius 3 is 2.50 bits per heavy atom. The molecule has 0 radical (unpaired) electrons. The SMILES string of the molecule is C=C(N)/C=C\N(C(C)=O)[C@@H]1O[C@H](CO)[C@@H](O)[C@H]1O. The lowest BCUT2D eigenvalue weighted by atomic mass is 10.1. The molecule has 0 bridgehead atoms. The number of carbonyl (C=O) groups is 1. The molecule has 1 saturated heterocycles. The van der Waals surface area contributed by atoms with Crippen molar-refractivity contribution in [2.75, 3.05) is 6.61 Å². The van der Waals surface area contributed by atoms with E-state index in [-0.39, 0.29) is 5.70 Å². The second-order valence-electron chi connectivity index (χ2n) is 4.05. The second kappa shape index (κ2) is 5.96. The van der Waals surface area contributed by atoms with Crippen LogP contribution in [0, 0.1) is 0 Å². The monoisotopic (exact) mass is 258 g/mol. The second-order valence-corrected chi connectivity index (χ2v) is 4.05. The first-order valence-corrected chi connectivity index (χ1v) is 5.42. The predicted molar refractivity (Wildman–Crippen MR) is 62.7 cm³/mol. The normalized spacial score (nSPS) is 31.8. The highest BCUT2D eigenvalue weighted by atomic mass is 16.6. The Morgan fingerprint density at radius 1 is 1.50 bits per heavy atom. The van der Waals surface area contributed by atoms with Crippen molar-refractivity contribution in [1.82, 2.24) is 4.90 Å². The van der Waals surface area contributed by atoms with Crippen molar-refractivity contribution in [2.45, 2.75) is 31.5 Å². The van der Waals surface area contributed by atoms with Crippen molar-refractivity contribution in [3.05, 3.63) is 24.6 Å². The maximum absolute atomic E-state index is 11.5. The number of ether oxygens (including phenoxy) is 1. The number of nitrogens with two attached hydrogens (primary N) is 1. The van der Waals surface area contributed by atoms with Crippen LogP contribution in [0.15, 0.2) is 24.6 Å². The summed E-state index contributed by atoms with van der Waals surface area (Å²) in [6.07, 6.45) is -1.87. The molecule has 0 aromatic heterocycles. The molecule has 7 nitrogen and oxygen atoms in total. The van der Waals surface area contributed by atoms with Gasteiger partial charge in [0.2, 0.25) is 5.91 Å². The van der Waals surface area contributed by atoms with Crippen LogP contribution in [0.5, 0.6) is 0 Å². The van der Waals surface area contributed by atoms with E-state index in [9.17, 15) is 15.0 Å². The maximum atomic E-state index is 11.5. The van der Waals surface area contributed by atoms with Gasteiger partial charge in [0.15, 0.2) is 6.23 Å². The highest BCUT2D eigenvalue weighted by Crippen LogP contribution is 2.24. The van der Waals surface area contributed by atoms with E-state index in [1.165, 1.54) is 19.2 Å². The van der Waals surface area contributed by atoms with Crippen molar-refractivity contribution in [2.24, 2.45) is 5.73 Å². The molecule has 1 fully saturated rings. The Hall–Kier alpha value is -1.41. The zero-order valence-electron chi connectivity index (χ0n) is 10.1. The first-order valence-electron chi connectivity index (χ1n) is 5.42. The minimum absolute atomic E-state index is 0.230. The molecule has 0 aliphatic carbocycles. The molecule has 0 spiro atoms. The third kappa shape index (κ3) is 3.08. The molecule has 18 heavy (non-hydrogen) atoms. The summed E-state index contributed by atoms with van der Waals surface area (Å²) < 4.78 is 5.22.